The number of pyridine rings is 1. The van der Waals surface area contributed by atoms with Gasteiger partial charge in [-0.3, -0.25) is 4.79 Å². The van der Waals surface area contributed by atoms with E-state index in [1.54, 1.807) is 0 Å². The first-order valence-corrected chi connectivity index (χ1v) is 3.89. The van der Waals surface area contributed by atoms with Crippen molar-refractivity contribution < 1.29 is 13.6 Å². The van der Waals surface area contributed by atoms with Crippen LogP contribution in [0.3, 0.4) is 0 Å². The predicted molar refractivity (Wildman–Crippen MR) is 46.7 cm³/mol. The van der Waals surface area contributed by atoms with E-state index in [-0.39, 0.29) is 18.3 Å². The number of hydrogen-bond donors (Lipinski definition) is 2. The highest BCUT2D eigenvalue weighted by Gasteiger charge is 2.05. The van der Waals surface area contributed by atoms with Crippen LogP contribution in [0.25, 0.3) is 0 Å². The summed E-state index contributed by atoms with van der Waals surface area (Å²) in [7, 11) is 1.46. The van der Waals surface area contributed by atoms with Crippen molar-refractivity contribution in [3.8, 4) is 0 Å². The predicted octanol–water partition coefficient (Wildman–Crippen LogP) is 0.518. The van der Waals surface area contributed by atoms with E-state index in [1.165, 1.54) is 7.05 Å². The molecule has 1 aromatic heterocycles. The van der Waals surface area contributed by atoms with Gasteiger partial charge in [-0.1, -0.05) is 0 Å². The molecule has 0 radical (unpaired) electrons. The van der Waals surface area contributed by atoms with Crippen molar-refractivity contribution in [3.63, 3.8) is 0 Å². The molecule has 0 aromatic carbocycles. The van der Waals surface area contributed by atoms with E-state index >= 15 is 0 Å². The van der Waals surface area contributed by atoms with Crippen LogP contribution in [0.1, 0.15) is 0 Å². The zero-order chi connectivity index (χ0) is 10.6. The van der Waals surface area contributed by atoms with Crippen LogP contribution in [0.4, 0.5) is 14.6 Å². The van der Waals surface area contributed by atoms with Gasteiger partial charge in [-0.2, -0.15) is 0 Å². The molecule has 1 heterocycles. The summed E-state index contributed by atoms with van der Waals surface area (Å²) in [4.78, 5) is 14.2. The number of anilines is 1. The zero-order valence-electron chi connectivity index (χ0n) is 7.47. The lowest BCUT2D eigenvalue weighted by atomic mass is 10.4. The van der Waals surface area contributed by atoms with E-state index in [4.69, 9.17) is 0 Å². The lowest BCUT2D eigenvalue weighted by Crippen LogP contribution is -2.26. The van der Waals surface area contributed by atoms with Crippen LogP contribution in [-0.4, -0.2) is 24.5 Å². The summed E-state index contributed by atoms with van der Waals surface area (Å²) in [5.74, 6) is -2.03. The van der Waals surface area contributed by atoms with E-state index in [9.17, 15) is 13.6 Å². The molecule has 0 aliphatic heterocycles. The fourth-order valence-corrected chi connectivity index (χ4v) is 0.797. The van der Waals surface area contributed by atoms with Crippen molar-refractivity contribution in [1.29, 1.82) is 0 Å². The molecule has 0 saturated carbocycles. The average Bonchev–Trinajstić information content (AvgIpc) is 2.16. The molecule has 2 N–H and O–H groups in total. The van der Waals surface area contributed by atoms with Gasteiger partial charge < -0.3 is 10.6 Å². The molecule has 4 nitrogen and oxygen atoms in total. The standard InChI is InChI=1S/C8H9F2N3O/c1-11-7(14)4-13-8-6(10)2-5(9)3-12-8/h2-3H,4H2,1H3,(H,11,14)(H,12,13). The number of rotatable bonds is 3. The summed E-state index contributed by atoms with van der Waals surface area (Å²) in [6.45, 7) is -0.105. The molecule has 1 rings (SSSR count). The Hall–Kier alpha value is -1.72. The molecule has 1 aromatic rings. The van der Waals surface area contributed by atoms with Crippen molar-refractivity contribution >= 4 is 11.7 Å². The van der Waals surface area contributed by atoms with E-state index in [1.807, 2.05) is 0 Å². The van der Waals surface area contributed by atoms with Gasteiger partial charge >= 0.3 is 0 Å². The minimum absolute atomic E-state index is 0.105. The number of nitrogens with zero attached hydrogens (tertiary/aromatic N) is 1. The Morgan fingerprint density at radius 1 is 1.57 bits per heavy atom. The first-order valence-electron chi connectivity index (χ1n) is 3.89. The van der Waals surface area contributed by atoms with Gasteiger partial charge in [0.2, 0.25) is 5.91 Å². The van der Waals surface area contributed by atoms with Crippen LogP contribution >= 0.6 is 0 Å². The molecule has 14 heavy (non-hydrogen) atoms. The number of hydrogen-bond acceptors (Lipinski definition) is 3. The smallest absolute Gasteiger partial charge is 0.239 e. The van der Waals surface area contributed by atoms with Crippen molar-refractivity contribution in [1.82, 2.24) is 10.3 Å². The second-order valence-electron chi connectivity index (χ2n) is 2.51. The highest BCUT2D eigenvalue weighted by Crippen LogP contribution is 2.10. The number of aromatic nitrogens is 1. The van der Waals surface area contributed by atoms with E-state index in [2.05, 4.69) is 15.6 Å². The maximum atomic E-state index is 12.9. The van der Waals surface area contributed by atoms with Crippen molar-refractivity contribution in [2.24, 2.45) is 0 Å². The second-order valence-corrected chi connectivity index (χ2v) is 2.51. The fraction of sp³-hybridized carbons (Fsp3) is 0.250. The first-order chi connectivity index (χ1) is 6.63. The summed E-state index contributed by atoms with van der Waals surface area (Å²) >= 11 is 0. The molecule has 0 saturated heterocycles. The van der Waals surface area contributed by atoms with Crippen LogP contribution in [0.15, 0.2) is 12.3 Å². The Balaban J connectivity index is 2.63. The van der Waals surface area contributed by atoms with E-state index < -0.39 is 11.6 Å². The van der Waals surface area contributed by atoms with Gasteiger partial charge in [0.05, 0.1) is 12.7 Å². The third-order valence-electron chi connectivity index (χ3n) is 1.50. The zero-order valence-corrected chi connectivity index (χ0v) is 7.47. The lowest BCUT2D eigenvalue weighted by molar-refractivity contribution is -0.118. The minimum atomic E-state index is -0.825. The lowest BCUT2D eigenvalue weighted by Gasteiger charge is -2.04. The molecule has 6 heteroatoms. The molecule has 0 fully saturated rings. The Morgan fingerprint density at radius 2 is 2.29 bits per heavy atom. The molecule has 0 unspecified atom stereocenters. The maximum Gasteiger partial charge on any atom is 0.239 e. The monoisotopic (exact) mass is 201 g/mol. The summed E-state index contributed by atoms with van der Waals surface area (Å²) < 4.78 is 25.3. The maximum absolute atomic E-state index is 12.9. The summed E-state index contributed by atoms with van der Waals surface area (Å²) in [5, 5.41) is 4.77. The third-order valence-corrected chi connectivity index (χ3v) is 1.50. The molecule has 0 aliphatic carbocycles. The van der Waals surface area contributed by atoms with E-state index in [0.29, 0.717) is 6.07 Å². The highest BCUT2D eigenvalue weighted by molar-refractivity contribution is 5.80. The van der Waals surface area contributed by atoms with Gasteiger partial charge in [0, 0.05) is 13.1 Å². The van der Waals surface area contributed by atoms with Crippen LogP contribution in [0, 0.1) is 11.6 Å². The normalized spacial score (nSPS) is 9.64. The number of carbonyl (C=O) groups excluding carboxylic acids is 1. The number of halogens is 2. The SMILES string of the molecule is CNC(=O)CNc1ncc(F)cc1F. The third kappa shape index (κ3) is 2.65. The van der Waals surface area contributed by atoms with Gasteiger partial charge in [-0.25, -0.2) is 13.8 Å². The van der Waals surface area contributed by atoms with Crippen LogP contribution in [-0.2, 0) is 4.79 Å². The Bertz CT molecular complexity index is 343. The van der Waals surface area contributed by atoms with Gasteiger partial charge in [-0.15, -0.1) is 0 Å². The van der Waals surface area contributed by atoms with Crippen LogP contribution in [0.2, 0.25) is 0 Å². The first kappa shape index (κ1) is 10.4. The summed E-state index contributed by atoms with van der Waals surface area (Å²) in [5.41, 5.74) is 0. The molecular weight excluding hydrogens is 192 g/mol. The Morgan fingerprint density at radius 3 is 2.86 bits per heavy atom. The molecule has 1 amide bonds. The van der Waals surface area contributed by atoms with Crippen molar-refractivity contribution in [2.45, 2.75) is 0 Å². The molecule has 0 aliphatic rings. The average molecular weight is 201 g/mol. The minimum Gasteiger partial charge on any atom is -0.359 e. The Labute approximate surface area is 79.3 Å². The summed E-state index contributed by atoms with van der Waals surface area (Å²) in [6.07, 6.45) is 0.870. The fourth-order valence-electron chi connectivity index (χ4n) is 0.797. The number of likely N-dealkylation sites (N-methyl/N-ethyl adjacent to an activating group) is 1. The van der Waals surface area contributed by atoms with Gasteiger partial charge in [0.15, 0.2) is 11.6 Å². The molecule has 0 spiro atoms. The topological polar surface area (TPSA) is 54.0 Å². The van der Waals surface area contributed by atoms with Crippen molar-refractivity contribution in [2.75, 3.05) is 18.9 Å². The molecule has 0 atom stereocenters. The summed E-state index contributed by atoms with van der Waals surface area (Å²) in [6, 6.07) is 0.694. The molecule has 76 valence electrons. The van der Waals surface area contributed by atoms with Gasteiger partial charge in [0.25, 0.3) is 0 Å². The quantitative estimate of drug-likeness (QED) is 0.749. The van der Waals surface area contributed by atoms with Crippen LogP contribution in [0.5, 0.6) is 0 Å². The van der Waals surface area contributed by atoms with Crippen LogP contribution < -0.4 is 10.6 Å². The largest absolute Gasteiger partial charge is 0.359 e. The van der Waals surface area contributed by atoms with Gasteiger partial charge in [-0.05, 0) is 0 Å². The number of amides is 1. The molecule has 0 bridgehead atoms. The van der Waals surface area contributed by atoms with Crippen molar-refractivity contribution in [3.05, 3.63) is 23.9 Å². The van der Waals surface area contributed by atoms with Gasteiger partial charge in [0.1, 0.15) is 5.82 Å². The van der Waals surface area contributed by atoms with E-state index in [0.717, 1.165) is 6.20 Å². The number of carbonyl (C=O) groups is 1. The second kappa shape index (κ2) is 4.50. The molecular formula is C8H9F2N3O. The Kier molecular flexibility index (Phi) is 3.33. The highest BCUT2D eigenvalue weighted by atomic mass is 19.1. The number of nitrogens with one attached hydrogen (secondary N) is 2.